The van der Waals surface area contributed by atoms with Crippen molar-refractivity contribution in [1.82, 2.24) is 0 Å². The molecule has 0 saturated carbocycles. The van der Waals surface area contributed by atoms with E-state index in [0.717, 1.165) is 0 Å². The minimum Gasteiger partial charge on any atom is -0.0654 e. The molecule has 0 radical (unpaired) electrons. The van der Waals surface area contributed by atoms with Crippen LogP contribution in [0.25, 0.3) is 54.9 Å². The third-order valence-corrected chi connectivity index (χ3v) is 10.5. The molecule has 0 N–H and O–H groups in total. The average molecular weight is 587 g/mol. The number of fused-ring (bicyclic) bond motifs is 5. The second-order valence-corrected chi connectivity index (χ2v) is 13.3. The van der Waals surface area contributed by atoms with Crippen molar-refractivity contribution in [3.05, 3.63) is 132 Å². The van der Waals surface area contributed by atoms with Gasteiger partial charge < -0.3 is 0 Å². The first-order chi connectivity index (χ1) is 22.2. The van der Waals surface area contributed by atoms with Crippen molar-refractivity contribution in [3.8, 4) is 33.4 Å². The molecule has 0 heteroatoms. The molecule has 226 valence electrons. The molecule has 1 aliphatic carbocycles. The maximum Gasteiger partial charge on any atom is 0.0215 e. The van der Waals surface area contributed by atoms with Crippen LogP contribution < -0.4 is 0 Å². The molecule has 0 nitrogen and oxygen atoms in total. The SMILES string of the molecule is CCCCCCC1(CCCCCC)c2cc(-c3cccc4ccccc34)ccc2-c2ccc(-c3cccc4ccccc34)cc21. The molecule has 0 atom stereocenters. The molecule has 0 heterocycles. The number of hydrogen-bond acceptors (Lipinski definition) is 0. The summed E-state index contributed by atoms with van der Waals surface area (Å²) < 4.78 is 0. The molecule has 0 aromatic heterocycles. The van der Waals surface area contributed by atoms with Crippen LogP contribution in [-0.4, -0.2) is 0 Å². The maximum absolute atomic E-state index is 2.59. The zero-order valence-electron chi connectivity index (χ0n) is 27.1. The lowest BCUT2D eigenvalue weighted by Gasteiger charge is -2.33. The molecule has 1 aliphatic rings. The van der Waals surface area contributed by atoms with E-state index in [1.54, 1.807) is 11.1 Å². The Labute approximate surface area is 270 Å². The van der Waals surface area contributed by atoms with Crippen LogP contribution in [0.1, 0.15) is 89.2 Å². The van der Waals surface area contributed by atoms with E-state index < -0.39 is 0 Å². The standard InChI is InChI=1S/C45H46/c1-3-5-7-13-29-45(30-14-8-6-4-2)43-31-35(39-23-15-19-33-17-9-11-21-37(33)39)25-27-41(43)42-28-26-36(32-44(42)45)40-24-16-20-34-18-10-12-22-38(34)40/h9-12,15-28,31-32H,3-8,13-14,29-30H2,1-2H3. The van der Waals surface area contributed by atoms with Gasteiger partial charge in [-0.05, 0) is 91.0 Å². The molecule has 0 fully saturated rings. The maximum atomic E-state index is 2.59. The van der Waals surface area contributed by atoms with Gasteiger partial charge in [0.05, 0.1) is 0 Å². The van der Waals surface area contributed by atoms with Gasteiger partial charge in [0.25, 0.3) is 0 Å². The molecule has 0 bridgehead atoms. The summed E-state index contributed by atoms with van der Waals surface area (Å²) in [5.74, 6) is 0. The Bertz CT molecular complexity index is 1790. The Hall–Kier alpha value is -4.16. The summed E-state index contributed by atoms with van der Waals surface area (Å²) in [7, 11) is 0. The molecule has 45 heavy (non-hydrogen) atoms. The summed E-state index contributed by atoms with van der Waals surface area (Å²) in [6.07, 6.45) is 12.8. The third kappa shape index (κ3) is 5.50. The summed E-state index contributed by atoms with van der Waals surface area (Å²) in [6, 6.07) is 46.1. The second-order valence-electron chi connectivity index (χ2n) is 13.3. The summed E-state index contributed by atoms with van der Waals surface area (Å²) in [5.41, 5.74) is 11.4. The van der Waals surface area contributed by atoms with E-state index >= 15 is 0 Å². The second kappa shape index (κ2) is 13.1. The first-order valence-corrected chi connectivity index (χ1v) is 17.5. The highest BCUT2D eigenvalue weighted by Crippen LogP contribution is 2.56. The highest BCUT2D eigenvalue weighted by molar-refractivity contribution is 5.99. The van der Waals surface area contributed by atoms with Crippen LogP contribution in [0.5, 0.6) is 0 Å². The smallest absolute Gasteiger partial charge is 0.0215 e. The predicted molar refractivity (Wildman–Crippen MR) is 196 cm³/mol. The van der Waals surface area contributed by atoms with Crippen molar-refractivity contribution in [1.29, 1.82) is 0 Å². The molecule has 0 unspecified atom stereocenters. The predicted octanol–water partition coefficient (Wildman–Crippen LogP) is 13.5. The Morgan fingerprint density at radius 2 is 0.844 bits per heavy atom. The Kier molecular flexibility index (Phi) is 8.57. The minimum absolute atomic E-state index is 0.0351. The van der Waals surface area contributed by atoms with Gasteiger partial charge in [-0.3, -0.25) is 0 Å². The fourth-order valence-electron chi connectivity index (χ4n) is 8.16. The molecule has 6 aromatic rings. The summed E-state index contributed by atoms with van der Waals surface area (Å²) in [5, 5.41) is 5.29. The number of unbranched alkanes of at least 4 members (excludes halogenated alkanes) is 6. The number of benzene rings is 6. The van der Waals surface area contributed by atoms with Crippen molar-refractivity contribution in [3.63, 3.8) is 0 Å². The molecule has 0 aliphatic heterocycles. The van der Waals surface area contributed by atoms with Crippen LogP contribution in [0.4, 0.5) is 0 Å². The normalized spacial score (nSPS) is 13.3. The molecular weight excluding hydrogens is 540 g/mol. The number of rotatable bonds is 12. The van der Waals surface area contributed by atoms with Crippen molar-refractivity contribution in [2.45, 2.75) is 83.5 Å². The van der Waals surface area contributed by atoms with Gasteiger partial charge in [0, 0.05) is 5.41 Å². The highest BCUT2D eigenvalue weighted by Gasteiger charge is 2.42. The van der Waals surface area contributed by atoms with Crippen LogP contribution in [0, 0.1) is 0 Å². The van der Waals surface area contributed by atoms with Crippen LogP contribution in [0.2, 0.25) is 0 Å². The zero-order valence-corrected chi connectivity index (χ0v) is 27.1. The summed E-state index contributed by atoms with van der Waals surface area (Å²) in [4.78, 5) is 0. The first-order valence-electron chi connectivity index (χ1n) is 17.5. The van der Waals surface area contributed by atoms with Crippen molar-refractivity contribution in [2.75, 3.05) is 0 Å². The molecular formula is C45H46. The van der Waals surface area contributed by atoms with Crippen molar-refractivity contribution in [2.24, 2.45) is 0 Å². The topological polar surface area (TPSA) is 0 Å². The van der Waals surface area contributed by atoms with Gasteiger partial charge in [-0.25, -0.2) is 0 Å². The first kappa shape index (κ1) is 29.5. The van der Waals surface area contributed by atoms with E-state index in [1.165, 1.54) is 119 Å². The Morgan fingerprint density at radius 3 is 1.31 bits per heavy atom. The average Bonchev–Trinajstić information content (AvgIpc) is 3.36. The molecule has 6 aromatic carbocycles. The van der Waals surface area contributed by atoms with E-state index in [2.05, 4.69) is 135 Å². The largest absolute Gasteiger partial charge is 0.0654 e. The highest BCUT2D eigenvalue weighted by atomic mass is 14.5. The van der Waals surface area contributed by atoms with Gasteiger partial charge in [-0.15, -0.1) is 0 Å². The summed E-state index contributed by atoms with van der Waals surface area (Å²) in [6.45, 7) is 4.65. The fraction of sp³-hybridized carbons (Fsp3) is 0.289. The van der Waals surface area contributed by atoms with Gasteiger partial charge >= 0.3 is 0 Å². The quantitative estimate of drug-likeness (QED) is 0.125. The van der Waals surface area contributed by atoms with Crippen LogP contribution >= 0.6 is 0 Å². The van der Waals surface area contributed by atoms with E-state index in [1.807, 2.05) is 0 Å². The van der Waals surface area contributed by atoms with E-state index in [4.69, 9.17) is 0 Å². The lowest BCUT2D eigenvalue weighted by atomic mass is 9.70. The molecule has 7 rings (SSSR count). The van der Waals surface area contributed by atoms with Gasteiger partial charge in [0.2, 0.25) is 0 Å². The van der Waals surface area contributed by atoms with E-state index in [0.29, 0.717) is 0 Å². The minimum atomic E-state index is 0.0351. The number of hydrogen-bond donors (Lipinski definition) is 0. The van der Waals surface area contributed by atoms with Crippen molar-refractivity contribution < 1.29 is 0 Å². The van der Waals surface area contributed by atoms with Gasteiger partial charge in [0.15, 0.2) is 0 Å². The fourth-order valence-corrected chi connectivity index (χ4v) is 8.16. The lowest BCUT2D eigenvalue weighted by molar-refractivity contribution is 0.401. The third-order valence-electron chi connectivity index (χ3n) is 10.5. The molecule has 0 amide bonds. The van der Waals surface area contributed by atoms with E-state index in [-0.39, 0.29) is 5.41 Å². The van der Waals surface area contributed by atoms with Gasteiger partial charge in [0.1, 0.15) is 0 Å². The molecule has 0 spiro atoms. The summed E-state index contributed by atoms with van der Waals surface area (Å²) >= 11 is 0. The zero-order chi connectivity index (χ0) is 30.6. The Morgan fingerprint density at radius 1 is 0.400 bits per heavy atom. The molecule has 0 saturated heterocycles. The monoisotopic (exact) mass is 586 g/mol. The van der Waals surface area contributed by atoms with Gasteiger partial charge in [-0.1, -0.05) is 174 Å². The van der Waals surface area contributed by atoms with Crippen LogP contribution in [0.15, 0.2) is 121 Å². The lowest BCUT2D eigenvalue weighted by Crippen LogP contribution is -2.25. The van der Waals surface area contributed by atoms with E-state index in [9.17, 15) is 0 Å². The Balaban J connectivity index is 1.41. The van der Waals surface area contributed by atoms with Crippen LogP contribution in [-0.2, 0) is 5.41 Å². The van der Waals surface area contributed by atoms with Crippen LogP contribution in [0.3, 0.4) is 0 Å². The van der Waals surface area contributed by atoms with Gasteiger partial charge in [-0.2, -0.15) is 0 Å². The van der Waals surface area contributed by atoms with Crippen molar-refractivity contribution >= 4 is 21.5 Å².